The summed E-state index contributed by atoms with van der Waals surface area (Å²) in [7, 11) is 0. The van der Waals surface area contributed by atoms with Gasteiger partial charge < -0.3 is 69.6 Å². The van der Waals surface area contributed by atoms with Gasteiger partial charge in [-0.15, -0.1) is 11.6 Å². The second kappa shape index (κ2) is 44.7. The summed E-state index contributed by atoms with van der Waals surface area (Å²) in [6, 6.07) is 42.0. The van der Waals surface area contributed by atoms with Gasteiger partial charge >= 0.3 is 12.1 Å². The largest absolute Gasteiger partial charge is 0.480 e. The van der Waals surface area contributed by atoms with Gasteiger partial charge in [0, 0.05) is 64.9 Å². The lowest BCUT2D eigenvalue weighted by Crippen LogP contribution is -2.57. The monoisotopic (exact) mass is 1950 g/mol. The molecule has 14 rings (SSSR count). The van der Waals surface area contributed by atoms with E-state index >= 15 is 0 Å². The average molecular weight is 1950 g/mol. The number of carboxylic acid groups (broad SMARTS) is 1. The molecule has 7 heterocycles. The van der Waals surface area contributed by atoms with Crippen molar-refractivity contribution in [1.82, 2.24) is 64.4 Å². The van der Waals surface area contributed by atoms with Crippen LogP contribution in [-0.2, 0) is 64.4 Å². The number of aliphatic carboxylic acids is 1. The number of carbonyl (C=O) groups is 11. The summed E-state index contributed by atoms with van der Waals surface area (Å²) in [5, 5.41) is 33.8. The summed E-state index contributed by atoms with van der Waals surface area (Å²) in [6.45, 7) is 8.80. The number of alkyl carbamates (subject to hydrolysis) is 1. The van der Waals surface area contributed by atoms with Gasteiger partial charge in [-0.05, 0) is 227 Å². The molecule has 39 heteroatoms. The molecule has 0 atom stereocenters. The van der Waals surface area contributed by atoms with Crippen LogP contribution < -0.4 is 49.9 Å². The third-order valence-corrected chi connectivity index (χ3v) is 21.6. The first kappa shape index (κ1) is 94.8. The van der Waals surface area contributed by atoms with Crippen LogP contribution in [0.25, 0.3) is 32.7 Å². The zero-order chi connectivity index (χ0) is 88.6. The number of halogens is 5. The first-order valence-corrected chi connectivity index (χ1v) is 42.7. The highest BCUT2D eigenvalue weighted by Gasteiger charge is 2.40. The molecule has 3 aromatic carbocycles. The number of Topliss-reactive ketones (excluding diaryl/α,β-unsaturated/α-hetero) is 1. The minimum atomic E-state index is -1.02. The van der Waals surface area contributed by atoms with Gasteiger partial charge in [0.25, 0.3) is 17.7 Å². The van der Waals surface area contributed by atoms with E-state index in [-0.39, 0.29) is 109 Å². The molecule has 4 fully saturated rings. The Hall–Kier alpha value is -11.0. The predicted octanol–water partition coefficient (Wildman–Crippen LogP) is 10.8. The number of rotatable bonds is 25. The highest BCUT2D eigenvalue weighted by atomic mass is 79.9. The van der Waals surface area contributed by atoms with Crippen molar-refractivity contribution >= 4 is 191 Å². The Morgan fingerprint density at radius 2 is 0.861 bits per heavy atom. The quantitative estimate of drug-likeness (QED) is 0.0188. The van der Waals surface area contributed by atoms with Crippen molar-refractivity contribution in [3.8, 4) is 0 Å². The number of fused-ring (bicyclic) bond motifs is 3. The zero-order valence-corrected chi connectivity index (χ0v) is 74.6. The fourth-order valence-corrected chi connectivity index (χ4v) is 15.2. The second-order valence-electron chi connectivity index (χ2n) is 30.8. The minimum Gasteiger partial charge on any atom is -0.480 e. The van der Waals surface area contributed by atoms with Crippen molar-refractivity contribution in [3.63, 3.8) is 0 Å². The van der Waals surface area contributed by atoms with E-state index in [2.05, 4.69) is 134 Å². The number of hydrogen-bond acceptors (Lipinski definition) is 21. The van der Waals surface area contributed by atoms with Gasteiger partial charge in [-0.2, -0.15) is 15.3 Å². The van der Waals surface area contributed by atoms with Crippen LogP contribution >= 0.6 is 75.3 Å². The Morgan fingerprint density at radius 3 is 1.20 bits per heavy atom. The van der Waals surface area contributed by atoms with Gasteiger partial charge in [-0.3, -0.25) is 62.0 Å². The van der Waals surface area contributed by atoms with E-state index in [1.54, 1.807) is 142 Å². The highest BCUT2D eigenvalue weighted by molar-refractivity contribution is 9.11. The van der Waals surface area contributed by atoms with E-state index in [0.29, 0.717) is 104 Å². The molecule has 0 saturated heterocycles. The van der Waals surface area contributed by atoms with Gasteiger partial charge in [-0.25, -0.2) is 24.7 Å². The summed E-state index contributed by atoms with van der Waals surface area (Å²) >= 11 is 18.4. The van der Waals surface area contributed by atoms with Crippen LogP contribution in [0.2, 0.25) is 0 Å². The lowest BCUT2D eigenvalue weighted by atomic mass is 9.74. The molecule has 4 saturated carbocycles. The van der Waals surface area contributed by atoms with E-state index < -0.39 is 41.3 Å². The van der Waals surface area contributed by atoms with Gasteiger partial charge in [0.15, 0.2) is 22.9 Å². The summed E-state index contributed by atoms with van der Waals surface area (Å²) in [6.07, 6.45) is 8.55. The predicted molar refractivity (Wildman–Crippen MR) is 474 cm³/mol. The van der Waals surface area contributed by atoms with Crippen LogP contribution in [-0.4, -0.2) is 184 Å². The summed E-state index contributed by atoms with van der Waals surface area (Å²) < 4.78 is 12.0. The van der Waals surface area contributed by atoms with Crippen molar-refractivity contribution in [3.05, 3.63) is 187 Å². The molecule has 0 bridgehead atoms. The third kappa shape index (κ3) is 28.8. The number of ketones is 1. The van der Waals surface area contributed by atoms with Gasteiger partial charge in [0.1, 0.15) is 74.2 Å². The molecule has 7 aromatic heterocycles. The maximum absolute atomic E-state index is 13.6. The molecule has 9 amide bonds. The second-order valence-corrected chi connectivity index (χ2v) is 34.3. The van der Waals surface area contributed by atoms with E-state index in [1.165, 1.54) is 49.5 Å². The highest BCUT2D eigenvalue weighted by Crippen LogP contribution is 2.37. The normalized spacial score (nSPS) is 17.7. The fourth-order valence-electron chi connectivity index (χ4n) is 13.7. The number of benzene rings is 3. The molecule has 0 spiro atoms. The van der Waals surface area contributed by atoms with Crippen molar-refractivity contribution < 1.29 is 62.6 Å². The first-order valence-electron chi connectivity index (χ1n) is 39.0. The molecule has 0 aliphatic heterocycles. The summed E-state index contributed by atoms with van der Waals surface area (Å²) in [5.41, 5.74) is 29.6. The minimum absolute atomic E-state index is 0.00268. The van der Waals surface area contributed by atoms with Gasteiger partial charge in [0.05, 0.1) is 22.4 Å². The molecular formula is C83H96Br4ClN21O13. The lowest BCUT2D eigenvalue weighted by Gasteiger charge is -2.42. The molecule has 646 valence electrons. The summed E-state index contributed by atoms with van der Waals surface area (Å²) in [4.78, 5) is 152. The number of aromatic nitrogens is 10. The Morgan fingerprint density at radius 1 is 0.492 bits per heavy atom. The number of pyridine rings is 4. The molecule has 34 nitrogen and oxygen atoms in total. The van der Waals surface area contributed by atoms with E-state index in [4.69, 9.17) is 50.1 Å². The molecule has 4 aliphatic carbocycles. The third-order valence-electron chi connectivity index (χ3n) is 19.6. The fraction of sp³-hybridized carbons (Fsp3) is 0.373. The Labute approximate surface area is 741 Å². The molecule has 15 N–H and O–H groups in total. The zero-order valence-electron chi connectivity index (χ0n) is 67.5. The number of nitrogens with zero attached hydrogens (tertiary/aromatic N) is 12. The van der Waals surface area contributed by atoms with Gasteiger partial charge in [0.2, 0.25) is 29.5 Å². The number of carbonyl (C=O) groups excluding carboxylic acids is 10. The number of para-hydroxylation sites is 3. The molecule has 4 aliphatic rings. The number of carboxylic acids is 1. The van der Waals surface area contributed by atoms with Crippen LogP contribution in [0.1, 0.15) is 136 Å². The van der Waals surface area contributed by atoms with Crippen molar-refractivity contribution in [2.75, 3.05) is 34.9 Å². The number of hydrogen-bond donors (Lipinski definition) is 10. The van der Waals surface area contributed by atoms with E-state index in [1.807, 2.05) is 24.3 Å². The Kier molecular flexibility index (Phi) is 34.7. The maximum atomic E-state index is 13.6. The Balaban J connectivity index is 0.000000180. The summed E-state index contributed by atoms with van der Waals surface area (Å²) in [5.74, 6) is -0.576. The van der Waals surface area contributed by atoms with Crippen molar-refractivity contribution in [2.24, 2.45) is 46.4 Å². The lowest BCUT2D eigenvalue weighted by molar-refractivity contribution is -0.140. The van der Waals surface area contributed by atoms with Crippen molar-refractivity contribution in [2.45, 2.75) is 161 Å². The van der Waals surface area contributed by atoms with E-state index in [9.17, 15) is 52.7 Å². The SMILES string of the molecule is CC(C)(C)OC(=O)NC1CC(N(CC(=O)Nc2cccc(Br)n2)C(=O)Cn2nc(C(N)=O)c3ccccc32)C1.CC1CC(CCC(=O)Nc2cccc(Br)n2)C1.CC1CC(N)C1.NC(=O)c1nn(CC(=O)N(CC(=O)Nc2cccc(Br)n2)C2CC(N)C2)c2ccccc12.NC(=O)c1nn(CC(=O)O)c2ccccc12.O=C(CCl)Cc1cccc(Br)n1. The topological polar surface area (TPSA) is 507 Å². The number of anilines is 3. The number of nitrogens with one attached hydrogen (secondary N) is 4. The maximum Gasteiger partial charge on any atom is 0.407 e. The molecule has 10 aromatic rings. The van der Waals surface area contributed by atoms with Crippen LogP contribution in [0.4, 0.5) is 22.2 Å². The Bertz CT molecular complexity index is 5410. The molecule has 122 heavy (non-hydrogen) atoms. The smallest absolute Gasteiger partial charge is 0.407 e. The number of alkyl halides is 1. The van der Waals surface area contributed by atoms with Crippen molar-refractivity contribution in [1.29, 1.82) is 0 Å². The van der Waals surface area contributed by atoms with E-state index in [0.717, 1.165) is 39.1 Å². The van der Waals surface area contributed by atoms with Crippen LogP contribution in [0.15, 0.2) is 164 Å². The van der Waals surface area contributed by atoms with Crippen LogP contribution in [0, 0.1) is 17.8 Å². The number of amides is 9. The average Bonchev–Trinajstić information content (AvgIpc) is 1.63. The van der Waals surface area contributed by atoms with Crippen LogP contribution in [0.3, 0.4) is 0 Å². The first-order chi connectivity index (χ1) is 57.9. The molecule has 0 unspecified atom stereocenters. The van der Waals surface area contributed by atoms with Gasteiger partial charge in [-0.1, -0.05) is 92.7 Å². The number of primary amides is 3. The standard InChI is InChI=1S/C26H30BrN7O5.C21H22BrN7O3.C13H17BrN2O.C10H9N3O3.C8H7BrClNO.C5H11N/c1-26(2,3)39-25(38)29-15-11-16(12-15)33(13-21(35)31-20-10-6-9-19(27)30-20)22(36)14-34-18-8-5-4-7-17(18)23(32-34)24(28)37;22-16-6-3-7-17(25-16)26-18(30)10-28(13-8-12(23)9-13)19(31)11-29-15-5-2-1-4-14(15)20(27-29)21(24)32;1-9-7-10(8-9)5-6-13(17)16-12-4-2-3-11(14)15-12;11-10(16)9-6-3-1-2-4-7(6)13(12-9)5-8(14)15;9-8-3-1-2-6(11-8)4-7(12)5-10;1-4-2-5(6)3-4/h4-10,15-16H,11-14H2,1-3H3,(H2,28,37)(H,29,38)(H,30,31,35);1-7,12-13H,8-11,23H2,(H2,24,32)(H,25,26,30);2-4,9-10H,5-8H2,1H3,(H,15,16,17);1-4H,5H2,(H2,11,16)(H,14,15);1-3H,4-5H2;4-5H,2-3,6H2,1H3. The molecular weight excluding hydrogens is 1850 g/mol. The number of nitrogens with two attached hydrogens (primary N) is 5. The van der Waals surface area contributed by atoms with Crippen LogP contribution in [0.5, 0.6) is 0 Å². The number of ether oxygens (including phenoxy) is 1. The molecule has 0 radical (unpaired) electrons.